The van der Waals surface area contributed by atoms with Crippen molar-refractivity contribution in [1.82, 2.24) is 4.90 Å². The molecule has 0 heterocycles. The zero-order chi connectivity index (χ0) is 10.6. The van der Waals surface area contributed by atoms with E-state index in [2.05, 4.69) is 12.2 Å². The topological polar surface area (TPSA) is 121 Å². The molecule has 0 atom stereocenters. The average molecular weight is 228 g/mol. The van der Waals surface area contributed by atoms with Crippen molar-refractivity contribution >= 4 is 33.4 Å². The smallest absolute Gasteiger partial charge is 0.323 e. The van der Waals surface area contributed by atoms with Gasteiger partial charge in [-0.2, -0.15) is 8.42 Å². The summed E-state index contributed by atoms with van der Waals surface area (Å²) in [6.45, 7) is -0.672. The van der Waals surface area contributed by atoms with E-state index < -0.39 is 33.6 Å². The SMILES string of the molecule is NC(=S)N(CC(=O)O)CS(=O)(=O)O. The van der Waals surface area contributed by atoms with Gasteiger partial charge in [-0.15, -0.1) is 0 Å². The Bertz CT molecular complexity index is 310. The summed E-state index contributed by atoms with van der Waals surface area (Å²) >= 11 is 4.37. The molecule has 0 aliphatic rings. The van der Waals surface area contributed by atoms with Crippen molar-refractivity contribution in [1.29, 1.82) is 0 Å². The Hall–Kier alpha value is -0.930. The molecule has 0 aliphatic heterocycles. The number of carboxylic acids is 1. The number of nitrogens with zero attached hydrogens (tertiary/aromatic N) is 1. The molecule has 0 fully saturated rings. The van der Waals surface area contributed by atoms with Crippen molar-refractivity contribution in [2.24, 2.45) is 5.73 Å². The van der Waals surface area contributed by atoms with E-state index in [4.69, 9.17) is 15.4 Å². The van der Waals surface area contributed by atoms with Gasteiger partial charge in [0.1, 0.15) is 12.4 Å². The fourth-order valence-electron chi connectivity index (χ4n) is 0.547. The summed E-state index contributed by atoms with van der Waals surface area (Å²) in [5.41, 5.74) is 5.01. The van der Waals surface area contributed by atoms with E-state index in [1.54, 1.807) is 0 Å². The molecule has 0 amide bonds. The molecule has 0 radical (unpaired) electrons. The predicted molar refractivity (Wildman–Crippen MR) is 47.5 cm³/mol. The van der Waals surface area contributed by atoms with Crippen LogP contribution < -0.4 is 5.73 Å². The summed E-state index contributed by atoms with van der Waals surface area (Å²) in [5.74, 6) is -2.22. The highest BCUT2D eigenvalue weighted by Gasteiger charge is 2.17. The highest BCUT2D eigenvalue weighted by atomic mass is 32.2. The number of hydrogen-bond acceptors (Lipinski definition) is 4. The average Bonchev–Trinajstić information content (AvgIpc) is 1.81. The van der Waals surface area contributed by atoms with Gasteiger partial charge in [0.05, 0.1) is 0 Å². The van der Waals surface area contributed by atoms with Gasteiger partial charge >= 0.3 is 5.97 Å². The number of nitrogens with two attached hydrogens (primary N) is 1. The first kappa shape index (κ1) is 12.1. The van der Waals surface area contributed by atoms with Gasteiger partial charge in [0, 0.05) is 0 Å². The van der Waals surface area contributed by atoms with Crippen LogP contribution in [0.25, 0.3) is 0 Å². The van der Waals surface area contributed by atoms with Gasteiger partial charge in [0.15, 0.2) is 5.11 Å². The van der Waals surface area contributed by atoms with E-state index >= 15 is 0 Å². The molecular formula is C4H8N2O5S2. The van der Waals surface area contributed by atoms with Gasteiger partial charge < -0.3 is 15.7 Å². The second-order valence-electron chi connectivity index (χ2n) is 2.14. The minimum absolute atomic E-state index is 0.403. The summed E-state index contributed by atoms with van der Waals surface area (Å²) in [6.07, 6.45) is 0. The lowest BCUT2D eigenvalue weighted by atomic mass is 10.6. The first-order chi connectivity index (χ1) is 5.72. The third-order valence-electron chi connectivity index (χ3n) is 0.957. The summed E-state index contributed by atoms with van der Waals surface area (Å²) in [5, 5.41) is 7.89. The fraction of sp³-hybridized carbons (Fsp3) is 0.500. The van der Waals surface area contributed by atoms with Crippen molar-refractivity contribution < 1.29 is 22.9 Å². The second-order valence-corrected chi connectivity index (χ2v) is 3.98. The van der Waals surface area contributed by atoms with Crippen molar-refractivity contribution in [2.45, 2.75) is 0 Å². The Balaban J connectivity index is 4.45. The molecule has 4 N–H and O–H groups in total. The van der Waals surface area contributed by atoms with Crippen LogP contribution in [-0.2, 0) is 14.9 Å². The molecule has 7 nitrogen and oxygen atoms in total. The lowest BCUT2D eigenvalue weighted by Gasteiger charge is -2.17. The Morgan fingerprint density at radius 1 is 1.54 bits per heavy atom. The maximum atomic E-state index is 10.3. The quantitative estimate of drug-likeness (QED) is 0.391. The molecule has 0 bridgehead atoms. The van der Waals surface area contributed by atoms with Crippen LogP contribution in [0.15, 0.2) is 0 Å². The first-order valence-corrected chi connectivity index (χ1v) is 4.95. The van der Waals surface area contributed by atoms with E-state index in [1.807, 2.05) is 0 Å². The zero-order valence-electron chi connectivity index (χ0n) is 6.37. The van der Waals surface area contributed by atoms with Crippen LogP contribution in [0.2, 0.25) is 0 Å². The molecule has 0 aromatic rings. The number of thiocarbonyl (C=S) groups is 1. The van der Waals surface area contributed by atoms with Crippen LogP contribution in [0, 0.1) is 0 Å². The summed E-state index contributed by atoms with van der Waals surface area (Å²) in [4.78, 5) is 10.8. The fourth-order valence-corrected chi connectivity index (χ4v) is 1.38. The summed E-state index contributed by atoms with van der Waals surface area (Å²) in [7, 11) is -4.32. The molecule has 0 aromatic heterocycles. The van der Waals surface area contributed by atoms with Crippen LogP contribution in [0.3, 0.4) is 0 Å². The van der Waals surface area contributed by atoms with Crippen molar-refractivity contribution in [3.05, 3.63) is 0 Å². The van der Waals surface area contributed by atoms with E-state index in [0.29, 0.717) is 4.90 Å². The molecular weight excluding hydrogens is 220 g/mol. The van der Waals surface area contributed by atoms with Gasteiger partial charge in [0.25, 0.3) is 10.1 Å². The molecule has 0 rings (SSSR count). The van der Waals surface area contributed by atoms with Gasteiger partial charge in [-0.3, -0.25) is 9.35 Å². The maximum absolute atomic E-state index is 10.3. The monoisotopic (exact) mass is 228 g/mol. The number of carbonyl (C=O) groups is 1. The Labute approximate surface area is 79.9 Å². The molecule has 9 heteroatoms. The van der Waals surface area contributed by atoms with Crippen LogP contribution in [-0.4, -0.2) is 46.5 Å². The number of carboxylic acid groups (broad SMARTS) is 1. The highest BCUT2D eigenvalue weighted by molar-refractivity contribution is 7.85. The number of aliphatic carboxylic acids is 1. The Morgan fingerprint density at radius 3 is 2.23 bits per heavy atom. The third kappa shape index (κ3) is 6.25. The standard InChI is InChI=1S/C4H8N2O5S2/c5-4(12)6(1-3(7)8)2-13(9,10)11/h1-2H2,(H2,5,12)(H,7,8)(H,9,10,11). The highest BCUT2D eigenvalue weighted by Crippen LogP contribution is 1.93. The molecule has 13 heavy (non-hydrogen) atoms. The minimum atomic E-state index is -4.32. The third-order valence-corrected chi connectivity index (χ3v) is 1.85. The number of rotatable bonds is 4. The largest absolute Gasteiger partial charge is 0.480 e. The van der Waals surface area contributed by atoms with E-state index in [0.717, 1.165) is 0 Å². The lowest BCUT2D eigenvalue weighted by Crippen LogP contribution is -2.42. The van der Waals surface area contributed by atoms with Crippen LogP contribution in [0.1, 0.15) is 0 Å². The predicted octanol–water partition coefficient (Wildman–Crippen LogP) is -1.54. The van der Waals surface area contributed by atoms with E-state index in [9.17, 15) is 13.2 Å². The maximum Gasteiger partial charge on any atom is 0.323 e. The Morgan fingerprint density at radius 2 is 2.00 bits per heavy atom. The molecule has 76 valence electrons. The lowest BCUT2D eigenvalue weighted by molar-refractivity contribution is -0.137. The van der Waals surface area contributed by atoms with Gasteiger partial charge in [-0.25, -0.2) is 0 Å². The van der Waals surface area contributed by atoms with Crippen molar-refractivity contribution in [3.63, 3.8) is 0 Å². The second kappa shape index (κ2) is 4.35. The molecule has 0 aliphatic carbocycles. The molecule has 0 aromatic carbocycles. The van der Waals surface area contributed by atoms with Crippen LogP contribution in [0.4, 0.5) is 0 Å². The van der Waals surface area contributed by atoms with Gasteiger partial charge in [0.2, 0.25) is 0 Å². The van der Waals surface area contributed by atoms with Gasteiger partial charge in [-0.05, 0) is 12.2 Å². The zero-order valence-corrected chi connectivity index (χ0v) is 8.01. The first-order valence-electron chi connectivity index (χ1n) is 2.93. The van der Waals surface area contributed by atoms with Crippen LogP contribution in [0.5, 0.6) is 0 Å². The summed E-state index contributed by atoms with van der Waals surface area (Å²) < 4.78 is 29.0. The summed E-state index contributed by atoms with van der Waals surface area (Å²) in [6, 6.07) is 0. The molecule has 0 spiro atoms. The van der Waals surface area contributed by atoms with E-state index in [1.165, 1.54) is 0 Å². The van der Waals surface area contributed by atoms with Crippen molar-refractivity contribution in [2.75, 3.05) is 12.4 Å². The van der Waals surface area contributed by atoms with Crippen molar-refractivity contribution in [3.8, 4) is 0 Å². The molecule has 0 saturated heterocycles. The van der Waals surface area contributed by atoms with E-state index in [-0.39, 0.29) is 0 Å². The number of hydrogen-bond donors (Lipinski definition) is 3. The van der Waals surface area contributed by atoms with Crippen LogP contribution >= 0.6 is 12.2 Å². The molecule has 0 saturated carbocycles. The van der Waals surface area contributed by atoms with Gasteiger partial charge in [-0.1, -0.05) is 0 Å². The normalized spacial score (nSPS) is 10.8. The molecule has 0 unspecified atom stereocenters. The minimum Gasteiger partial charge on any atom is -0.480 e. The Kier molecular flexibility index (Phi) is 4.04.